The zero-order chi connectivity index (χ0) is 22.4. The van der Waals surface area contributed by atoms with E-state index in [4.69, 9.17) is 23.9 Å². The van der Waals surface area contributed by atoms with Gasteiger partial charge in [-0.25, -0.2) is 0 Å². The number of rotatable bonds is 7. The lowest BCUT2D eigenvalue weighted by Gasteiger charge is -2.37. The summed E-state index contributed by atoms with van der Waals surface area (Å²) in [6.07, 6.45) is 1.84. The summed E-state index contributed by atoms with van der Waals surface area (Å²) >= 11 is 0. The molecule has 2 aromatic rings. The molecule has 0 unspecified atom stereocenters. The molecular weight excluding hydrogens is 533 g/mol. The van der Waals surface area contributed by atoms with Crippen molar-refractivity contribution < 1.29 is 18.9 Å². The van der Waals surface area contributed by atoms with Crippen LogP contribution in [0.15, 0.2) is 47.5 Å². The Labute approximate surface area is 213 Å². The van der Waals surface area contributed by atoms with Crippen molar-refractivity contribution in [3.63, 3.8) is 0 Å². The molecule has 0 spiro atoms. The lowest BCUT2D eigenvalue weighted by Crippen LogP contribution is -2.41. The number of fused-ring (bicyclic) bond motifs is 1. The number of hydrogen-bond donors (Lipinski definition) is 1. The van der Waals surface area contributed by atoms with E-state index in [9.17, 15) is 0 Å². The predicted octanol–water partition coefficient (Wildman–Crippen LogP) is 4.19. The molecule has 7 nitrogen and oxygen atoms in total. The maximum Gasteiger partial charge on any atom is 0.231 e. The molecule has 2 heterocycles. The number of ether oxygens (including phenoxy) is 4. The van der Waals surface area contributed by atoms with Crippen molar-refractivity contribution in [3.05, 3.63) is 53.6 Å². The Morgan fingerprint density at radius 2 is 1.88 bits per heavy atom. The lowest BCUT2D eigenvalue weighted by atomic mass is 9.74. The van der Waals surface area contributed by atoms with Crippen molar-refractivity contribution in [3.8, 4) is 17.2 Å². The van der Waals surface area contributed by atoms with Crippen molar-refractivity contribution in [1.29, 1.82) is 0 Å². The lowest BCUT2D eigenvalue weighted by molar-refractivity contribution is 0.0529. The van der Waals surface area contributed by atoms with E-state index >= 15 is 0 Å². The van der Waals surface area contributed by atoms with E-state index in [0.717, 1.165) is 61.4 Å². The minimum Gasteiger partial charge on any atom is -0.496 e. The van der Waals surface area contributed by atoms with E-state index in [1.807, 2.05) is 24.3 Å². The molecule has 1 fully saturated rings. The third-order valence-electron chi connectivity index (χ3n) is 6.26. The molecule has 4 rings (SSSR count). The fraction of sp³-hybridized carbons (Fsp3) is 0.480. The number of para-hydroxylation sites is 1. The second-order valence-electron chi connectivity index (χ2n) is 8.30. The van der Waals surface area contributed by atoms with Crippen LogP contribution in [-0.2, 0) is 16.7 Å². The van der Waals surface area contributed by atoms with Gasteiger partial charge in [-0.15, -0.1) is 24.0 Å². The summed E-state index contributed by atoms with van der Waals surface area (Å²) < 4.78 is 22.4. The summed E-state index contributed by atoms with van der Waals surface area (Å²) in [7, 11) is 3.77. The van der Waals surface area contributed by atoms with E-state index < -0.39 is 0 Å². The Kier molecular flexibility index (Phi) is 9.08. The topological polar surface area (TPSA) is 64.6 Å². The van der Waals surface area contributed by atoms with Gasteiger partial charge in [0, 0.05) is 44.3 Å². The first-order chi connectivity index (χ1) is 15.6. The van der Waals surface area contributed by atoms with Crippen LogP contribution in [0.2, 0.25) is 0 Å². The van der Waals surface area contributed by atoms with Gasteiger partial charge in [-0.1, -0.05) is 24.3 Å². The van der Waals surface area contributed by atoms with Gasteiger partial charge >= 0.3 is 0 Å². The highest BCUT2D eigenvalue weighted by Gasteiger charge is 2.36. The van der Waals surface area contributed by atoms with Crippen LogP contribution in [-0.4, -0.2) is 58.1 Å². The number of nitrogens with one attached hydrogen (secondary N) is 1. The van der Waals surface area contributed by atoms with Crippen LogP contribution in [0.5, 0.6) is 17.2 Å². The standard InChI is InChI=1S/C25H33N3O4.HI/c1-4-26-24(28(2)16-19-7-5-6-8-21(19)29-3)27-17-25(11-13-30-14-12-25)20-9-10-22-23(15-20)32-18-31-22;/h5-10,15H,4,11-14,16-18H2,1-3H3,(H,26,27);1H. The van der Waals surface area contributed by atoms with E-state index in [2.05, 4.69) is 42.4 Å². The molecule has 0 bridgehead atoms. The fourth-order valence-corrected chi connectivity index (χ4v) is 4.39. The number of aliphatic imine (C=N–C) groups is 1. The monoisotopic (exact) mass is 567 g/mol. The largest absolute Gasteiger partial charge is 0.496 e. The molecular formula is C25H34IN3O4. The van der Waals surface area contributed by atoms with Gasteiger partial charge in [0.25, 0.3) is 0 Å². The average molecular weight is 567 g/mol. The van der Waals surface area contributed by atoms with Crippen LogP contribution < -0.4 is 19.5 Å². The predicted molar refractivity (Wildman–Crippen MR) is 140 cm³/mol. The van der Waals surface area contributed by atoms with Gasteiger partial charge in [-0.2, -0.15) is 0 Å². The van der Waals surface area contributed by atoms with Gasteiger partial charge in [-0.3, -0.25) is 4.99 Å². The van der Waals surface area contributed by atoms with Crippen molar-refractivity contribution in [2.75, 3.05) is 47.3 Å². The van der Waals surface area contributed by atoms with Crippen LogP contribution in [0.25, 0.3) is 0 Å². The normalized spacial score (nSPS) is 16.6. The second kappa shape index (κ2) is 11.8. The van der Waals surface area contributed by atoms with Gasteiger partial charge < -0.3 is 29.2 Å². The first kappa shape index (κ1) is 25.4. The van der Waals surface area contributed by atoms with Crippen LogP contribution in [0, 0.1) is 0 Å². The van der Waals surface area contributed by atoms with Crippen LogP contribution in [0.4, 0.5) is 0 Å². The molecule has 0 atom stereocenters. The number of nitrogens with zero attached hydrogens (tertiary/aromatic N) is 2. The Balaban J connectivity index is 0.00000306. The smallest absolute Gasteiger partial charge is 0.231 e. The molecule has 180 valence electrons. The molecule has 1 saturated heterocycles. The van der Waals surface area contributed by atoms with E-state index in [-0.39, 0.29) is 36.2 Å². The highest BCUT2D eigenvalue weighted by Crippen LogP contribution is 2.41. The summed E-state index contributed by atoms with van der Waals surface area (Å²) in [5, 5.41) is 3.45. The number of halogens is 1. The number of hydrogen-bond acceptors (Lipinski definition) is 5. The van der Waals surface area contributed by atoms with Gasteiger partial charge in [0.2, 0.25) is 6.79 Å². The van der Waals surface area contributed by atoms with E-state index in [0.29, 0.717) is 13.1 Å². The van der Waals surface area contributed by atoms with Crippen molar-refractivity contribution in [2.24, 2.45) is 4.99 Å². The molecule has 2 aromatic carbocycles. The van der Waals surface area contributed by atoms with E-state index in [1.165, 1.54) is 5.56 Å². The van der Waals surface area contributed by atoms with Gasteiger partial charge in [0.05, 0.1) is 13.7 Å². The number of methoxy groups -OCH3 is 1. The van der Waals surface area contributed by atoms with Crippen LogP contribution >= 0.6 is 24.0 Å². The molecule has 0 radical (unpaired) electrons. The number of benzene rings is 2. The zero-order valence-electron chi connectivity index (χ0n) is 19.6. The summed E-state index contributed by atoms with van der Waals surface area (Å²) in [6, 6.07) is 14.4. The molecule has 2 aliphatic rings. The minimum atomic E-state index is -0.0921. The van der Waals surface area contributed by atoms with E-state index in [1.54, 1.807) is 7.11 Å². The third-order valence-corrected chi connectivity index (χ3v) is 6.26. The first-order valence-corrected chi connectivity index (χ1v) is 11.2. The molecule has 33 heavy (non-hydrogen) atoms. The molecule has 0 amide bonds. The Morgan fingerprint density at radius 1 is 1.12 bits per heavy atom. The van der Waals surface area contributed by atoms with Crippen molar-refractivity contribution in [2.45, 2.75) is 31.7 Å². The van der Waals surface area contributed by atoms with Crippen LogP contribution in [0.3, 0.4) is 0 Å². The summed E-state index contributed by atoms with van der Waals surface area (Å²) in [5.41, 5.74) is 2.27. The number of guanidine groups is 1. The van der Waals surface area contributed by atoms with Crippen LogP contribution in [0.1, 0.15) is 30.9 Å². The van der Waals surface area contributed by atoms with Crippen molar-refractivity contribution in [1.82, 2.24) is 10.2 Å². The molecule has 0 saturated carbocycles. The molecule has 0 aliphatic carbocycles. The van der Waals surface area contributed by atoms with Gasteiger partial charge in [0.15, 0.2) is 17.5 Å². The highest BCUT2D eigenvalue weighted by atomic mass is 127. The minimum absolute atomic E-state index is 0. The summed E-state index contributed by atoms with van der Waals surface area (Å²) in [6.45, 7) is 6.02. The molecule has 0 aromatic heterocycles. The molecule has 1 N–H and O–H groups in total. The first-order valence-electron chi connectivity index (χ1n) is 11.2. The Morgan fingerprint density at radius 3 is 2.64 bits per heavy atom. The zero-order valence-corrected chi connectivity index (χ0v) is 22.0. The SMILES string of the molecule is CCNC(=NCC1(c2ccc3c(c2)OCO3)CCOCC1)N(C)Cc1ccccc1OC.I. The summed E-state index contributed by atoms with van der Waals surface area (Å²) in [5.74, 6) is 3.39. The Hall–Kier alpha value is -2.20. The quantitative estimate of drug-likeness (QED) is 0.308. The molecule has 2 aliphatic heterocycles. The fourth-order valence-electron chi connectivity index (χ4n) is 4.39. The van der Waals surface area contributed by atoms with Crippen molar-refractivity contribution >= 4 is 29.9 Å². The average Bonchev–Trinajstić information content (AvgIpc) is 3.30. The van der Waals surface area contributed by atoms with Gasteiger partial charge in [-0.05, 0) is 43.5 Å². The second-order valence-corrected chi connectivity index (χ2v) is 8.30. The Bertz CT molecular complexity index is 947. The maximum atomic E-state index is 5.70. The summed E-state index contributed by atoms with van der Waals surface area (Å²) in [4.78, 5) is 7.24. The van der Waals surface area contributed by atoms with Gasteiger partial charge in [0.1, 0.15) is 5.75 Å². The highest BCUT2D eigenvalue weighted by molar-refractivity contribution is 14.0. The molecule has 8 heteroatoms. The maximum absolute atomic E-state index is 5.70. The third kappa shape index (κ3) is 5.84.